The van der Waals surface area contributed by atoms with E-state index >= 15 is 0 Å². The summed E-state index contributed by atoms with van der Waals surface area (Å²) in [6.45, 7) is 0. The van der Waals surface area contributed by atoms with Gasteiger partial charge in [-0.3, -0.25) is 14.9 Å². The predicted octanol–water partition coefficient (Wildman–Crippen LogP) is 3.11. The first-order valence-electron chi connectivity index (χ1n) is 6.64. The van der Waals surface area contributed by atoms with Gasteiger partial charge in [-0.15, -0.1) is 0 Å². The molecule has 0 radical (unpaired) electrons. The number of hydrogen-bond donors (Lipinski definition) is 2. The summed E-state index contributed by atoms with van der Waals surface area (Å²) in [6, 6.07) is 6.94. The van der Waals surface area contributed by atoms with Gasteiger partial charge in [0, 0.05) is 17.7 Å². The number of nitrogens with one attached hydrogen (secondary N) is 1. The van der Waals surface area contributed by atoms with Gasteiger partial charge < -0.3 is 20.5 Å². The smallest absolute Gasteiger partial charge is 0.293 e. The second-order valence-corrected chi connectivity index (χ2v) is 5.07. The van der Waals surface area contributed by atoms with Crippen molar-refractivity contribution in [1.29, 1.82) is 0 Å². The molecular formula is C15H14ClN3O5. The largest absolute Gasteiger partial charge is 0.495 e. The Morgan fingerprint density at radius 3 is 2.38 bits per heavy atom. The number of anilines is 2. The van der Waals surface area contributed by atoms with Crippen LogP contribution >= 0.6 is 11.6 Å². The lowest BCUT2D eigenvalue weighted by atomic mass is 10.1. The number of halogens is 1. The van der Waals surface area contributed by atoms with Crippen molar-refractivity contribution in [3.05, 3.63) is 51.0 Å². The molecule has 0 fully saturated rings. The van der Waals surface area contributed by atoms with Crippen LogP contribution in [0.3, 0.4) is 0 Å². The Morgan fingerprint density at radius 1 is 1.17 bits per heavy atom. The van der Waals surface area contributed by atoms with E-state index in [9.17, 15) is 14.9 Å². The molecule has 2 aromatic carbocycles. The fraction of sp³-hybridized carbons (Fsp3) is 0.133. The molecule has 2 rings (SSSR count). The third-order valence-corrected chi connectivity index (χ3v) is 3.52. The summed E-state index contributed by atoms with van der Waals surface area (Å²) in [4.78, 5) is 21.8. The van der Waals surface area contributed by atoms with Crippen LogP contribution in [-0.2, 0) is 0 Å². The zero-order valence-corrected chi connectivity index (χ0v) is 13.6. The summed E-state index contributed by atoms with van der Waals surface area (Å²) in [5.74, 6) is 0.0249. The van der Waals surface area contributed by atoms with Crippen molar-refractivity contribution < 1.29 is 19.2 Å². The number of primary amides is 1. The molecule has 2 aromatic rings. The minimum Gasteiger partial charge on any atom is -0.495 e. The molecule has 0 spiro atoms. The van der Waals surface area contributed by atoms with Crippen molar-refractivity contribution in [3.8, 4) is 11.5 Å². The number of methoxy groups -OCH3 is 2. The first-order chi connectivity index (χ1) is 11.4. The number of nitrogens with two attached hydrogens (primary N) is 1. The molecule has 8 nitrogen and oxygen atoms in total. The maximum Gasteiger partial charge on any atom is 0.293 e. The predicted molar refractivity (Wildman–Crippen MR) is 89.5 cm³/mol. The van der Waals surface area contributed by atoms with E-state index in [0.29, 0.717) is 22.2 Å². The molecule has 0 atom stereocenters. The maximum atomic E-state index is 11.2. The number of nitrogens with zero attached hydrogens (tertiary/aromatic N) is 1. The molecule has 0 saturated heterocycles. The van der Waals surface area contributed by atoms with Crippen LogP contribution < -0.4 is 20.5 Å². The number of nitro benzene ring substituents is 1. The van der Waals surface area contributed by atoms with Crippen LogP contribution in [-0.4, -0.2) is 25.1 Å². The molecule has 0 saturated carbocycles. The quantitative estimate of drug-likeness (QED) is 0.610. The van der Waals surface area contributed by atoms with Crippen LogP contribution in [0.15, 0.2) is 30.3 Å². The Bertz CT molecular complexity index is 810. The van der Waals surface area contributed by atoms with Crippen molar-refractivity contribution in [2.75, 3.05) is 19.5 Å². The Hall–Kier alpha value is -3.00. The normalized spacial score (nSPS) is 10.1. The molecule has 0 bridgehead atoms. The van der Waals surface area contributed by atoms with Gasteiger partial charge in [-0.2, -0.15) is 0 Å². The Kier molecular flexibility index (Phi) is 5.10. The van der Waals surface area contributed by atoms with Gasteiger partial charge in [-0.05, 0) is 18.2 Å². The van der Waals surface area contributed by atoms with Crippen molar-refractivity contribution in [2.45, 2.75) is 0 Å². The highest BCUT2D eigenvalue weighted by Gasteiger charge is 2.19. The van der Waals surface area contributed by atoms with E-state index in [1.54, 1.807) is 6.07 Å². The number of rotatable bonds is 6. The van der Waals surface area contributed by atoms with Gasteiger partial charge >= 0.3 is 0 Å². The molecule has 0 aliphatic rings. The first-order valence-corrected chi connectivity index (χ1v) is 7.02. The number of benzene rings is 2. The third-order valence-electron chi connectivity index (χ3n) is 3.22. The topological polar surface area (TPSA) is 117 Å². The lowest BCUT2D eigenvalue weighted by Crippen LogP contribution is -2.11. The Labute approximate surface area is 142 Å². The average molecular weight is 352 g/mol. The molecule has 126 valence electrons. The van der Waals surface area contributed by atoms with Crippen molar-refractivity contribution in [2.24, 2.45) is 5.73 Å². The molecule has 3 N–H and O–H groups in total. The number of carbonyl (C=O) groups excluding carboxylic acids is 1. The fourth-order valence-corrected chi connectivity index (χ4v) is 2.29. The summed E-state index contributed by atoms with van der Waals surface area (Å²) < 4.78 is 10.3. The standard InChI is InChI=1S/C15H14ClN3O5/c1-23-13-7-14(24-2)11(6-9(13)16)18-10-4-3-8(15(17)20)5-12(10)19(21)22/h3-7,18H,1-2H3,(H2,17,20). The van der Waals surface area contributed by atoms with E-state index in [1.807, 2.05) is 0 Å². The first kappa shape index (κ1) is 17.4. The summed E-state index contributed by atoms with van der Waals surface area (Å²) in [5, 5.41) is 14.4. The van der Waals surface area contributed by atoms with E-state index in [4.69, 9.17) is 26.8 Å². The van der Waals surface area contributed by atoms with Crippen molar-refractivity contribution >= 4 is 34.6 Å². The van der Waals surface area contributed by atoms with E-state index in [1.165, 1.54) is 32.4 Å². The lowest BCUT2D eigenvalue weighted by Gasteiger charge is -2.14. The second kappa shape index (κ2) is 7.05. The number of amides is 1. The van der Waals surface area contributed by atoms with E-state index in [2.05, 4.69) is 5.32 Å². The lowest BCUT2D eigenvalue weighted by molar-refractivity contribution is -0.383. The van der Waals surface area contributed by atoms with Crippen LogP contribution in [0, 0.1) is 10.1 Å². The monoisotopic (exact) mass is 351 g/mol. The molecule has 0 aliphatic carbocycles. The minimum absolute atomic E-state index is 0.0342. The SMILES string of the molecule is COc1cc(OC)c(Nc2ccc(C(N)=O)cc2[N+](=O)[O-])cc1Cl. The van der Waals surface area contributed by atoms with Gasteiger partial charge in [-0.1, -0.05) is 11.6 Å². The van der Waals surface area contributed by atoms with Gasteiger partial charge in [-0.25, -0.2) is 0 Å². The van der Waals surface area contributed by atoms with Crippen LogP contribution in [0.2, 0.25) is 5.02 Å². The molecule has 24 heavy (non-hydrogen) atoms. The molecular weight excluding hydrogens is 338 g/mol. The Morgan fingerprint density at radius 2 is 1.83 bits per heavy atom. The van der Waals surface area contributed by atoms with E-state index in [-0.39, 0.29) is 16.9 Å². The summed E-state index contributed by atoms with van der Waals surface area (Å²) >= 11 is 6.08. The van der Waals surface area contributed by atoms with Gasteiger partial charge in [0.1, 0.15) is 17.2 Å². The third kappa shape index (κ3) is 3.49. The molecule has 0 unspecified atom stereocenters. The fourth-order valence-electron chi connectivity index (χ4n) is 2.04. The van der Waals surface area contributed by atoms with Gasteiger partial charge in [0.2, 0.25) is 5.91 Å². The zero-order valence-electron chi connectivity index (χ0n) is 12.8. The molecule has 0 aromatic heterocycles. The van der Waals surface area contributed by atoms with Crippen molar-refractivity contribution in [1.82, 2.24) is 0 Å². The summed E-state index contributed by atoms with van der Waals surface area (Å²) in [6.07, 6.45) is 0. The average Bonchev–Trinajstić information content (AvgIpc) is 2.55. The number of carbonyl (C=O) groups is 1. The van der Waals surface area contributed by atoms with Crippen LogP contribution in [0.5, 0.6) is 11.5 Å². The van der Waals surface area contributed by atoms with Crippen LogP contribution in [0.25, 0.3) is 0 Å². The van der Waals surface area contributed by atoms with Crippen LogP contribution in [0.1, 0.15) is 10.4 Å². The number of nitro groups is 1. The van der Waals surface area contributed by atoms with Gasteiger partial charge in [0.15, 0.2) is 0 Å². The highest BCUT2D eigenvalue weighted by atomic mass is 35.5. The van der Waals surface area contributed by atoms with E-state index < -0.39 is 10.8 Å². The highest BCUT2D eigenvalue weighted by Crippen LogP contribution is 2.39. The minimum atomic E-state index is -0.755. The molecule has 0 aliphatic heterocycles. The van der Waals surface area contributed by atoms with Crippen LogP contribution in [0.4, 0.5) is 17.1 Å². The molecule has 9 heteroatoms. The van der Waals surface area contributed by atoms with Gasteiger partial charge in [0.25, 0.3) is 5.69 Å². The second-order valence-electron chi connectivity index (χ2n) is 4.67. The maximum absolute atomic E-state index is 11.2. The number of hydrogen-bond acceptors (Lipinski definition) is 6. The highest BCUT2D eigenvalue weighted by molar-refractivity contribution is 6.32. The molecule has 0 heterocycles. The zero-order chi connectivity index (χ0) is 17.9. The molecule has 1 amide bonds. The summed E-state index contributed by atoms with van der Waals surface area (Å²) in [5.41, 5.74) is 5.44. The van der Waals surface area contributed by atoms with Crippen molar-refractivity contribution in [3.63, 3.8) is 0 Å². The van der Waals surface area contributed by atoms with Gasteiger partial charge in [0.05, 0.1) is 29.9 Å². The number of ether oxygens (including phenoxy) is 2. The van der Waals surface area contributed by atoms with E-state index in [0.717, 1.165) is 6.07 Å². The Balaban J connectivity index is 2.49. The summed E-state index contributed by atoms with van der Waals surface area (Å²) in [7, 11) is 2.90.